The van der Waals surface area contributed by atoms with Crippen LogP contribution in [0.1, 0.15) is 32.6 Å². The molecule has 1 fully saturated rings. The third-order valence-corrected chi connectivity index (χ3v) is 4.20. The van der Waals surface area contributed by atoms with Crippen LogP contribution in [-0.2, 0) is 4.79 Å². The number of hydrogen-bond acceptors (Lipinski definition) is 1. The fourth-order valence-corrected chi connectivity index (χ4v) is 2.86. The standard InChI is InChI=1S/C18H21NO/c1-2-3-6-15-12-17(15)18(20)19-16-10-9-13-7-4-5-8-14(13)11-16/h4-5,7-11,15,17H,2-3,6,12H2,1H3,(H,19,20)/t15-,17+/m1/s1. The molecule has 2 heteroatoms. The highest BCUT2D eigenvalue weighted by atomic mass is 16.2. The Morgan fingerprint density at radius 2 is 2.00 bits per heavy atom. The highest BCUT2D eigenvalue weighted by molar-refractivity contribution is 5.96. The van der Waals surface area contributed by atoms with Crippen molar-refractivity contribution >= 4 is 22.4 Å². The van der Waals surface area contributed by atoms with Crippen LogP contribution in [-0.4, -0.2) is 5.91 Å². The van der Waals surface area contributed by atoms with E-state index in [0.29, 0.717) is 5.92 Å². The zero-order valence-electron chi connectivity index (χ0n) is 11.9. The van der Waals surface area contributed by atoms with Gasteiger partial charge in [0.2, 0.25) is 5.91 Å². The molecule has 2 atom stereocenters. The SMILES string of the molecule is CCCC[C@@H]1C[C@@H]1C(=O)Nc1ccc2ccccc2c1. The van der Waals surface area contributed by atoms with Gasteiger partial charge in [0.1, 0.15) is 0 Å². The molecule has 0 saturated heterocycles. The Morgan fingerprint density at radius 3 is 2.80 bits per heavy atom. The number of hydrogen-bond donors (Lipinski definition) is 1. The average molecular weight is 267 g/mol. The van der Waals surface area contributed by atoms with Crippen molar-refractivity contribution in [3.05, 3.63) is 42.5 Å². The molecule has 0 aromatic heterocycles. The normalized spacial score (nSPS) is 20.9. The van der Waals surface area contributed by atoms with E-state index in [9.17, 15) is 4.79 Å². The first-order chi connectivity index (χ1) is 9.78. The molecular weight excluding hydrogens is 246 g/mol. The summed E-state index contributed by atoms with van der Waals surface area (Å²) in [5, 5.41) is 5.44. The lowest BCUT2D eigenvalue weighted by Crippen LogP contribution is -2.14. The van der Waals surface area contributed by atoms with Gasteiger partial charge in [-0.25, -0.2) is 0 Å². The molecule has 0 heterocycles. The lowest BCUT2D eigenvalue weighted by Gasteiger charge is -2.06. The molecule has 2 aromatic carbocycles. The number of carbonyl (C=O) groups is 1. The molecule has 2 nitrogen and oxygen atoms in total. The largest absolute Gasteiger partial charge is 0.326 e. The number of anilines is 1. The number of amides is 1. The van der Waals surface area contributed by atoms with Gasteiger partial charge < -0.3 is 5.32 Å². The maximum atomic E-state index is 12.2. The van der Waals surface area contributed by atoms with Crippen molar-refractivity contribution in [2.24, 2.45) is 11.8 Å². The smallest absolute Gasteiger partial charge is 0.227 e. The molecule has 1 aliphatic rings. The fraction of sp³-hybridized carbons (Fsp3) is 0.389. The summed E-state index contributed by atoms with van der Waals surface area (Å²) < 4.78 is 0. The van der Waals surface area contributed by atoms with E-state index < -0.39 is 0 Å². The lowest BCUT2D eigenvalue weighted by molar-refractivity contribution is -0.117. The van der Waals surface area contributed by atoms with Gasteiger partial charge in [0.15, 0.2) is 0 Å². The van der Waals surface area contributed by atoms with Crippen molar-refractivity contribution in [1.82, 2.24) is 0 Å². The average Bonchev–Trinajstić information content (AvgIpc) is 3.24. The van der Waals surface area contributed by atoms with E-state index >= 15 is 0 Å². The second-order valence-electron chi connectivity index (χ2n) is 5.80. The Bertz CT molecular complexity index is 620. The summed E-state index contributed by atoms with van der Waals surface area (Å²) in [4.78, 5) is 12.2. The first-order valence-electron chi connectivity index (χ1n) is 7.57. The summed E-state index contributed by atoms with van der Waals surface area (Å²) in [6.07, 6.45) is 4.73. The van der Waals surface area contributed by atoms with Crippen molar-refractivity contribution < 1.29 is 4.79 Å². The predicted molar refractivity (Wildman–Crippen MR) is 83.7 cm³/mol. The highest BCUT2D eigenvalue weighted by Crippen LogP contribution is 2.43. The first-order valence-corrected chi connectivity index (χ1v) is 7.57. The molecule has 20 heavy (non-hydrogen) atoms. The van der Waals surface area contributed by atoms with Gasteiger partial charge >= 0.3 is 0 Å². The minimum absolute atomic E-state index is 0.196. The lowest BCUT2D eigenvalue weighted by atomic mass is 10.1. The van der Waals surface area contributed by atoms with Crippen molar-refractivity contribution in [2.45, 2.75) is 32.6 Å². The molecular formula is C18H21NO. The number of carbonyl (C=O) groups excluding carboxylic acids is 1. The molecule has 0 unspecified atom stereocenters. The monoisotopic (exact) mass is 267 g/mol. The van der Waals surface area contributed by atoms with Crippen LogP contribution in [0.3, 0.4) is 0 Å². The number of fused-ring (bicyclic) bond motifs is 1. The maximum absolute atomic E-state index is 12.2. The van der Waals surface area contributed by atoms with Crippen molar-refractivity contribution in [3.8, 4) is 0 Å². The molecule has 1 N–H and O–H groups in total. The van der Waals surface area contributed by atoms with E-state index in [1.807, 2.05) is 18.2 Å². The predicted octanol–water partition coefficient (Wildman–Crippen LogP) is 4.60. The maximum Gasteiger partial charge on any atom is 0.227 e. The summed E-state index contributed by atoms with van der Waals surface area (Å²) >= 11 is 0. The molecule has 0 spiro atoms. The van der Waals surface area contributed by atoms with E-state index in [4.69, 9.17) is 0 Å². The van der Waals surface area contributed by atoms with Gasteiger partial charge in [-0.15, -0.1) is 0 Å². The molecule has 0 radical (unpaired) electrons. The van der Waals surface area contributed by atoms with Gasteiger partial charge in [-0.05, 0) is 41.7 Å². The van der Waals surface area contributed by atoms with Crippen LogP contribution in [0.2, 0.25) is 0 Å². The third kappa shape index (κ3) is 2.84. The fourth-order valence-electron chi connectivity index (χ4n) is 2.86. The Balaban J connectivity index is 1.63. The van der Waals surface area contributed by atoms with Crippen LogP contribution < -0.4 is 5.32 Å². The van der Waals surface area contributed by atoms with Crippen LogP contribution in [0.15, 0.2) is 42.5 Å². The van der Waals surface area contributed by atoms with Gasteiger partial charge in [0.25, 0.3) is 0 Å². The quantitative estimate of drug-likeness (QED) is 0.842. The molecule has 1 aliphatic carbocycles. The van der Waals surface area contributed by atoms with Gasteiger partial charge in [-0.2, -0.15) is 0 Å². The summed E-state index contributed by atoms with van der Waals surface area (Å²) in [7, 11) is 0. The first kappa shape index (κ1) is 13.2. The van der Waals surface area contributed by atoms with E-state index in [-0.39, 0.29) is 11.8 Å². The van der Waals surface area contributed by atoms with E-state index in [1.165, 1.54) is 30.0 Å². The number of rotatable bonds is 5. The van der Waals surface area contributed by atoms with Gasteiger partial charge in [0, 0.05) is 11.6 Å². The summed E-state index contributed by atoms with van der Waals surface area (Å²) in [6, 6.07) is 14.3. The van der Waals surface area contributed by atoms with Crippen LogP contribution >= 0.6 is 0 Å². The summed E-state index contributed by atoms with van der Waals surface area (Å²) in [5.74, 6) is 1.06. The Labute approximate surface area is 120 Å². The van der Waals surface area contributed by atoms with E-state index in [0.717, 1.165) is 12.1 Å². The topological polar surface area (TPSA) is 29.1 Å². The Hall–Kier alpha value is -1.83. The van der Waals surface area contributed by atoms with E-state index in [1.54, 1.807) is 0 Å². The van der Waals surface area contributed by atoms with Crippen molar-refractivity contribution in [3.63, 3.8) is 0 Å². The van der Waals surface area contributed by atoms with Crippen LogP contribution in [0.25, 0.3) is 10.8 Å². The van der Waals surface area contributed by atoms with Crippen molar-refractivity contribution in [1.29, 1.82) is 0 Å². The second-order valence-corrected chi connectivity index (χ2v) is 5.80. The molecule has 2 aromatic rings. The Morgan fingerprint density at radius 1 is 1.20 bits per heavy atom. The zero-order chi connectivity index (χ0) is 13.9. The minimum Gasteiger partial charge on any atom is -0.326 e. The minimum atomic E-state index is 0.196. The van der Waals surface area contributed by atoms with Crippen molar-refractivity contribution in [2.75, 3.05) is 5.32 Å². The molecule has 3 rings (SSSR count). The van der Waals surface area contributed by atoms with E-state index in [2.05, 4.69) is 36.5 Å². The summed E-state index contributed by atoms with van der Waals surface area (Å²) in [5.41, 5.74) is 0.912. The molecule has 1 saturated carbocycles. The zero-order valence-corrected chi connectivity index (χ0v) is 11.9. The van der Waals surface area contributed by atoms with Gasteiger partial charge in [0.05, 0.1) is 0 Å². The van der Waals surface area contributed by atoms with Crippen LogP contribution in [0, 0.1) is 11.8 Å². The molecule has 104 valence electrons. The molecule has 0 bridgehead atoms. The molecule has 1 amide bonds. The molecule has 0 aliphatic heterocycles. The second kappa shape index (κ2) is 5.66. The number of unbranched alkanes of at least 4 members (excludes halogenated alkanes) is 1. The Kier molecular flexibility index (Phi) is 3.72. The number of benzene rings is 2. The highest BCUT2D eigenvalue weighted by Gasteiger charge is 2.41. The van der Waals surface area contributed by atoms with Crippen LogP contribution in [0.4, 0.5) is 5.69 Å². The summed E-state index contributed by atoms with van der Waals surface area (Å²) in [6.45, 7) is 2.20. The number of nitrogens with one attached hydrogen (secondary N) is 1. The van der Waals surface area contributed by atoms with Gasteiger partial charge in [-0.3, -0.25) is 4.79 Å². The third-order valence-electron chi connectivity index (χ3n) is 4.20. The van der Waals surface area contributed by atoms with Crippen LogP contribution in [0.5, 0.6) is 0 Å². The van der Waals surface area contributed by atoms with Gasteiger partial charge in [-0.1, -0.05) is 50.1 Å².